The predicted molar refractivity (Wildman–Crippen MR) is 43.1 cm³/mol. The first-order valence-electron chi connectivity index (χ1n) is 2.85. The summed E-state index contributed by atoms with van der Waals surface area (Å²) >= 11 is 7.00. The van der Waals surface area contributed by atoms with Crippen LogP contribution in [0.15, 0.2) is 0 Å². The minimum atomic E-state index is -0.225. The SMILES string of the molecule is O=[C]CC(Cl)SCCC=O. The number of halogens is 1. The lowest BCUT2D eigenvalue weighted by Gasteiger charge is -2.00. The van der Waals surface area contributed by atoms with E-state index < -0.39 is 0 Å². The molecule has 0 aromatic carbocycles. The van der Waals surface area contributed by atoms with Gasteiger partial charge in [0.2, 0.25) is 6.29 Å². The fourth-order valence-corrected chi connectivity index (χ4v) is 1.37. The van der Waals surface area contributed by atoms with Crippen LogP contribution in [0.3, 0.4) is 0 Å². The highest BCUT2D eigenvalue weighted by Crippen LogP contribution is 2.17. The molecule has 57 valence electrons. The van der Waals surface area contributed by atoms with Gasteiger partial charge in [0.05, 0.1) is 4.71 Å². The Labute approximate surface area is 69.3 Å². The van der Waals surface area contributed by atoms with Gasteiger partial charge < -0.3 is 4.79 Å². The third-order valence-corrected chi connectivity index (χ3v) is 2.31. The molecule has 0 spiro atoms. The summed E-state index contributed by atoms with van der Waals surface area (Å²) in [6.07, 6.45) is 3.26. The molecule has 0 fully saturated rings. The van der Waals surface area contributed by atoms with Crippen LogP contribution in [0, 0.1) is 0 Å². The summed E-state index contributed by atoms with van der Waals surface area (Å²) in [5.41, 5.74) is 0. The van der Waals surface area contributed by atoms with E-state index in [-0.39, 0.29) is 11.1 Å². The highest BCUT2D eigenvalue weighted by atomic mass is 35.5. The monoisotopic (exact) mass is 179 g/mol. The van der Waals surface area contributed by atoms with Crippen molar-refractivity contribution in [3.8, 4) is 0 Å². The van der Waals surface area contributed by atoms with Crippen molar-refractivity contribution in [1.29, 1.82) is 0 Å². The van der Waals surface area contributed by atoms with Gasteiger partial charge in [0.1, 0.15) is 6.29 Å². The van der Waals surface area contributed by atoms with E-state index in [4.69, 9.17) is 11.6 Å². The van der Waals surface area contributed by atoms with Crippen LogP contribution >= 0.6 is 23.4 Å². The maximum Gasteiger partial charge on any atom is 0.200 e. The molecule has 0 aliphatic carbocycles. The fourth-order valence-electron chi connectivity index (χ4n) is 0.368. The van der Waals surface area contributed by atoms with Gasteiger partial charge in [0.15, 0.2) is 0 Å². The average Bonchev–Trinajstić information content (AvgIpc) is 1.89. The topological polar surface area (TPSA) is 34.1 Å². The minimum absolute atomic E-state index is 0.225. The lowest BCUT2D eigenvalue weighted by molar-refractivity contribution is -0.107. The summed E-state index contributed by atoms with van der Waals surface area (Å²) in [4.78, 5) is 19.6. The Balaban J connectivity index is 3.11. The van der Waals surface area contributed by atoms with E-state index >= 15 is 0 Å². The van der Waals surface area contributed by atoms with E-state index in [0.717, 1.165) is 6.29 Å². The van der Waals surface area contributed by atoms with Crippen molar-refractivity contribution in [3.63, 3.8) is 0 Å². The zero-order valence-electron chi connectivity index (χ0n) is 5.38. The summed E-state index contributed by atoms with van der Waals surface area (Å²) in [5.74, 6) is 0.680. The van der Waals surface area contributed by atoms with Crippen LogP contribution in [0.1, 0.15) is 12.8 Å². The largest absolute Gasteiger partial charge is 0.303 e. The summed E-state index contributed by atoms with van der Waals surface area (Å²) in [7, 11) is 0. The van der Waals surface area contributed by atoms with Gasteiger partial charge in [0, 0.05) is 18.6 Å². The van der Waals surface area contributed by atoms with Crippen molar-refractivity contribution < 1.29 is 9.59 Å². The molecule has 0 aliphatic heterocycles. The summed E-state index contributed by atoms with van der Waals surface area (Å²) in [5, 5.41) is 0. The van der Waals surface area contributed by atoms with E-state index in [9.17, 15) is 9.59 Å². The van der Waals surface area contributed by atoms with E-state index in [1.54, 1.807) is 6.29 Å². The molecule has 0 rings (SSSR count). The Bertz CT molecular complexity index is 108. The summed E-state index contributed by atoms with van der Waals surface area (Å²) in [6, 6.07) is 0. The first-order valence-corrected chi connectivity index (χ1v) is 4.34. The maximum absolute atomic E-state index is 9.81. The normalized spacial score (nSPS) is 12.5. The number of aldehydes is 1. The van der Waals surface area contributed by atoms with Gasteiger partial charge in [0.25, 0.3) is 0 Å². The van der Waals surface area contributed by atoms with Crippen LogP contribution in [-0.2, 0) is 9.59 Å². The second kappa shape index (κ2) is 7.09. The van der Waals surface area contributed by atoms with Crippen molar-refractivity contribution >= 4 is 35.9 Å². The highest BCUT2D eigenvalue weighted by Gasteiger charge is 2.02. The zero-order valence-corrected chi connectivity index (χ0v) is 6.95. The zero-order chi connectivity index (χ0) is 7.82. The first-order chi connectivity index (χ1) is 4.81. The van der Waals surface area contributed by atoms with E-state index in [0.29, 0.717) is 12.2 Å². The van der Waals surface area contributed by atoms with Gasteiger partial charge in [-0.3, -0.25) is 4.79 Å². The van der Waals surface area contributed by atoms with Crippen LogP contribution in [0.4, 0.5) is 0 Å². The van der Waals surface area contributed by atoms with Crippen LogP contribution in [0.25, 0.3) is 0 Å². The van der Waals surface area contributed by atoms with Crippen molar-refractivity contribution in [2.45, 2.75) is 17.6 Å². The Hall–Kier alpha value is -0.0200. The maximum atomic E-state index is 9.81. The summed E-state index contributed by atoms with van der Waals surface area (Å²) in [6.45, 7) is 0. The first kappa shape index (κ1) is 9.98. The molecule has 0 amide bonds. The van der Waals surface area contributed by atoms with Crippen molar-refractivity contribution in [2.24, 2.45) is 0 Å². The third kappa shape index (κ3) is 6.11. The summed E-state index contributed by atoms with van der Waals surface area (Å²) < 4.78 is -0.225. The van der Waals surface area contributed by atoms with Gasteiger partial charge in [-0.1, -0.05) is 0 Å². The van der Waals surface area contributed by atoms with Crippen molar-refractivity contribution in [2.75, 3.05) is 5.75 Å². The number of alkyl halides is 1. The van der Waals surface area contributed by atoms with Crippen LogP contribution in [0.2, 0.25) is 0 Å². The van der Waals surface area contributed by atoms with E-state index in [1.807, 2.05) is 0 Å². The molecule has 0 aromatic heterocycles. The molecule has 0 aliphatic rings. The van der Waals surface area contributed by atoms with Crippen LogP contribution < -0.4 is 0 Å². The Kier molecular flexibility index (Phi) is 7.08. The number of carbonyl (C=O) groups excluding carboxylic acids is 2. The third-order valence-electron chi connectivity index (χ3n) is 0.778. The molecule has 0 heterocycles. The number of carbonyl (C=O) groups is 1. The Morgan fingerprint density at radius 3 is 2.90 bits per heavy atom. The van der Waals surface area contributed by atoms with E-state index in [1.165, 1.54) is 11.8 Å². The van der Waals surface area contributed by atoms with Gasteiger partial charge in [-0.25, -0.2) is 0 Å². The molecule has 2 nitrogen and oxygen atoms in total. The van der Waals surface area contributed by atoms with Crippen LogP contribution in [0.5, 0.6) is 0 Å². The molecule has 10 heavy (non-hydrogen) atoms. The van der Waals surface area contributed by atoms with Gasteiger partial charge in [-0.2, -0.15) is 0 Å². The predicted octanol–water partition coefficient (Wildman–Crippen LogP) is 1.37. The quantitative estimate of drug-likeness (QED) is 0.351. The second-order valence-electron chi connectivity index (χ2n) is 1.58. The lowest BCUT2D eigenvalue weighted by atomic mass is 10.5. The number of hydrogen-bond donors (Lipinski definition) is 0. The minimum Gasteiger partial charge on any atom is -0.303 e. The Morgan fingerprint density at radius 2 is 2.40 bits per heavy atom. The average molecular weight is 180 g/mol. The van der Waals surface area contributed by atoms with Crippen LogP contribution in [-0.4, -0.2) is 23.0 Å². The molecule has 0 saturated carbocycles. The molecular weight excluding hydrogens is 172 g/mol. The number of hydrogen-bond acceptors (Lipinski definition) is 3. The van der Waals surface area contributed by atoms with Gasteiger partial charge in [-0.05, 0) is 0 Å². The van der Waals surface area contributed by atoms with Gasteiger partial charge in [-0.15, -0.1) is 23.4 Å². The van der Waals surface area contributed by atoms with E-state index in [2.05, 4.69) is 0 Å². The smallest absolute Gasteiger partial charge is 0.200 e. The molecule has 0 bridgehead atoms. The van der Waals surface area contributed by atoms with Gasteiger partial charge >= 0.3 is 0 Å². The molecule has 1 unspecified atom stereocenters. The van der Waals surface area contributed by atoms with Crippen molar-refractivity contribution in [3.05, 3.63) is 0 Å². The fraction of sp³-hybridized carbons (Fsp3) is 0.667. The Morgan fingerprint density at radius 1 is 1.70 bits per heavy atom. The molecule has 1 atom stereocenters. The molecule has 0 N–H and O–H groups in total. The number of rotatable bonds is 6. The molecule has 4 heteroatoms. The number of thioether (sulfide) groups is 1. The molecular formula is C6H8ClO2S. The molecule has 0 saturated heterocycles. The molecule has 0 aromatic rings. The second-order valence-corrected chi connectivity index (χ2v) is 3.68. The lowest BCUT2D eigenvalue weighted by Crippen LogP contribution is -1.94. The highest BCUT2D eigenvalue weighted by molar-refractivity contribution is 8.01. The molecule has 1 radical (unpaired) electrons. The van der Waals surface area contributed by atoms with Crippen molar-refractivity contribution in [1.82, 2.24) is 0 Å². The standard InChI is InChI=1S/C6H8ClO2S/c7-6(2-4-9)10-5-1-3-8/h3,6H,1-2,5H2.